The van der Waals surface area contributed by atoms with E-state index in [1.165, 1.54) is 17.2 Å². The van der Waals surface area contributed by atoms with E-state index in [-0.39, 0.29) is 22.9 Å². The van der Waals surface area contributed by atoms with Crippen molar-refractivity contribution in [2.75, 3.05) is 12.3 Å². The number of carbonyl (C=O) groups excluding carboxylic acids is 1. The first kappa shape index (κ1) is 22.5. The molecule has 1 unspecified atom stereocenters. The van der Waals surface area contributed by atoms with Crippen molar-refractivity contribution in [1.29, 1.82) is 0 Å². The van der Waals surface area contributed by atoms with Crippen LogP contribution >= 0.6 is 7.82 Å². The number of hydrogen-bond donors (Lipinski definition) is 5. The summed E-state index contributed by atoms with van der Waals surface area (Å²) in [6.45, 7) is 2.62. The van der Waals surface area contributed by atoms with Crippen LogP contribution in [0.4, 0.5) is 5.82 Å². The molecule has 30 heavy (non-hydrogen) atoms. The van der Waals surface area contributed by atoms with Crippen molar-refractivity contribution in [3.8, 4) is 0 Å². The molecule has 14 nitrogen and oxygen atoms in total. The molecule has 0 spiro atoms. The van der Waals surface area contributed by atoms with Crippen molar-refractivity contribution in [2.24, 2.45) is 11.7 Å². The fourth-order valence-electron chi connectivity index (χ4n) is 2.79. The summed E-state index contributed by atoms with van der Waals surface area (Å²) in [6, 6.07) is -1.11. The van der Waals surface area contributed by atoms with E-state index in [1.54, 1.807) is 13.8 Å². The highest BCUT2D eigenvalue weighted by molar-refractivity contribution is 7.48. The van der Waals surface area contributed by atoms with Gasteiger partial charge in [0.15, 0.2) is 17.7 Å². The molecule has 1 fully saturated rings. The summed E-state index contributed by atoms with van der Waals surface area (Å²) in [7, 11) is -4.83. The van der Waals surface area contributed by atoms with E-state index in [9.17, 15) is 24.5 Å². The Morgan fingerprint density at radius 3 is 2.70 bits per heavy atom. The number of ether oxygens (including phenoxy) is 1. The van der Waals surface area contributed by atoms with Gasteiger partial charge in [-0.1, -0.05) is 13.8 Å². The van der Waals surface area contributed by atoms with Gasteiger partial charge in [-0.25, -0.2) is 24.3 Å². The number of nitrogens with zero attached hydrogens (tertiary/aromatic N) is 4. The van der Waals surface area contributed by atoms with Gasteiger partial charge in [-0.2, -0.15) is 0 Å². The third kappa shape index (κ3) is 4.44. The molecule has 0 aliphatic carbocycles. The monoisotopic (exact) mass is 446 g/mol. The number of aliphatic hydroxyl groups is 2. The van der Waals surface area contributed by atoms with Crippen LogP contribution in [0.2, 0.25) is 0 Å². The Hall–Kier alpha value is -2.19. The number of phosphoric acid groups is 1. The van der Waals surface area contributed by atoms with Gasteiger partial charge in [-0.3, -0.25) is 14.0 Å². The number of carbonyl (C=O) groups is 1. The zero-order chi connectivity index (χ0) is 22.2. The van der Waals surface area contributed by atoms with Crippen LogP contribution in [0, 0.1) is 5.92 Å². The van der Waals surface area contributed by atoms with E-state index >= 15 is 0 Å². The fraction of sp³-hybridized carbons (Fsp3) is 0.600. The molecule has 3 heterocycles. The molecule has 1 aliphatic heterocycles. The Balaban J connectivity index is 1.67. The second-order valence-electron chi connectivity index (χ2n) is 7.07. The number of phosphoric ester groups is 1. The molecule has 2 aromatic heterocycles. The van der Waals surface area contributed by atoms with Crippen LogP contribution in [0.1, 0.15) is 20.1 Å². The Labute approximate surface area is 170 Å². The van der Waals surface area contributed by atoms with Gasteiger partial charge in [0.05, 0.1) is 12.9 Å². The fourth-order valence-corrected chi connectivity index (χ4v) is 3.53. The summed E-state index contributed by atoms with van der Waals surface area (Å²) in [6.07, 6.45) is -2.79. The van der Waals surface area contributed by atoms with E-state index < -0.39 is 51.0 Å². The summed E-state index contributed by atoms with van der Waals surface area (Å²) in [4.78, 5) is 33.4. The zero-order valence-corrected chi connectivity index (χ0v) is 17.0. The highest BCUT2D eigenvalue weighted by Crippen LogP contribution is 2.45. The first-order chi connectivity index (χ1) is 14.0. The maximum atomic E-state index is 12.0. The molecule has 6 atom stereocenters. The van der Waals surface area contributed by atoms with Crippen molar-refractivity contribution in [3.05, 3.63) is 12.7 Å². The molecule has 3 rings (SSSR count). The lowest BCUT2D eigenvalue weighted by molar-refractivity contribution is -0.138. The molecule has 166 valence electrons. The predicted octanol–water partition coefficient (Wildman–Crippen LogP) is -1.33. The first-order valence-electron chi connectivity index (χ1n) is 8.92. The standard InChI is InChI=1S/C15H23N6O8P/c1-6(2)8(16)15(24)29-30(25,26)27-3-7-10(22)11(23)14(28-7)21-5-20-9-12(17)18-4-19-13(9)21/h4-8,10-11,14,22-23H,3,16H2,1-2H3,(H,25,26)(H2,17,18,19)/t7-,8+,10-,11-,14-/m1/s1. The van der Waals surface area contributed by atoms with Crippen LogP contribution < -0.4 is 11.5 Å². The quantitative estimate of drug-likeness (QED) is 0.312. The summed E-state index contributed by atoms with van der Waals surface area (Å²) < 4.78 is 28.1. The van der Waals surface area contributed by atoms with E-state index in [1.807, 2.05) is 0 Å². The SMILES string of the molecule is CC(C)[C@H](N)C(=O)OP(=O)(O)OC[C@H]1O[C@@H](n2cnc3c(N)ncnc32)[C@H](O)[C@@H]1O. The summed E-state index contributed by atoms with van der Waals surface area (Å²) in [5, 5.41) is 20.6. The number of rotatable bonds is 7. The van der Waals surface area contributed by atoms with Gasteiger partial charge in [-0.05, 0) is 5.92 Å². The van der Waals surface area contributed by atoms with Gasteiger partial charge < -0.3 is 30.9 Å². The zero-order valence-electron chi connectivity index (χ0n) is 16.1. The van der Waals surface area contributed by atoms with E-state index in [2.05, 4.69) is 19.5 Å². The van der Waals surface area contributed by atoms with Gasteiger partial charge in [-0.15, -0.1) is 0 Å². The number of imidazole rings is 1. The van der Waals surface area contributed by atoms with Crippen LogP contribution in [-0.4, -0.2) is 71.6 Å². The van der Waals surface area contributed by atoms with Crippen molar-refractivity contribution < 1.29 is 38.3 Å². The van der Waals surface area contributed by atoms with Crippen molar-refractivity contribution in [3.63, 3.8) is 0 Å². The third-order valence-electron chi connectivity index (χ3n) is 4.60. The summed E-state index contributed by atoms with van der Waals surface area (Å²) in [5.74, 6) is -1.31. The van der Waals surface area contributed by atoms with Crippen molar-refractivity contribution in [1.82, 2.24) is 19.5 Å². The molecule has 1 aliphatic rings. The Bertz CT molecular complexity index is 970. The molecule has 2 aromatic rings. The lowest BCUT2D eigenvalue weighted by atomic mass is 10.1. The van der Waals surface area contributed by atoms with Crippen LogP contribution in [0.25, 0.3) is 11.2 Å². The maximum Gasteiger partial charge on any atom is 0.529 e. The second-order valence-corrected chi connectivity index (χ2v) is 8.45. The van der Waals surface area contributed by atoms with E-state index in [0.29, 0.717) is 0 Å². The average Bonchev–Trinajstić information content (AvgIpc) is 3.22. The van der Waals surface area contributed by atoms with E-state index in [4.69, 9.17) is 20.7 Å². The van der Waals surface area contributed by atoms with Gasteiger partial charge in [0.2, 0.25) is 0 Å². The van der Waals surface area contributed by atoms with Crippen molar-refractivity contribution in [2.45, 2.75) is 44.4 Å². The number of fused-ring (bicyclic) bond motifs is 1. The Morgan fingerprint density at radius 2 is 2.03 bits per heavy atom. The van der Waals surface area contributed by atoms with Gasteiger partial charge in [0.1, 0.15) is 36.2 Å². The largest absolute Gasteiger partial charge is 0.529 e. The van der Waals surface area contributed by atoms with Crippen LogP contribution in [0.15, 0.2) is 12.7 Å². The number of nitrogens with two attached hydrogens (primary N) is 2. The number of anilines is 1. The summed E-state index contributed by atoms with van der Waals surface area (Å²) >= 11 is 0. The van der Waals surface area contributed by atoms with Crippen LogP contribution in [0.3, 0.4) is 0 Å². The molecule has 0 bridgehead atoms. The molecule has 1 saturated heterocycles. The molecule has 15 heteroatoms. The Kier molecular flexibility index (Phi) is 6.38. The first-order valence-corrected chi connectivity index (χ1v) is 10.4. The normalized spacial score (nSPS) is 27.3. The number of aromatic nitrogens is 4. The number of hydrogen-bond acceptors (Lipinski definition) is 12. The highest BCUT2D eigenvalue weighted by atomic mass is 31.2. The molecule has 0 amide bonds. The third-order valence-corrected chi connectivity index (χ3v) is 5.48. The van der Waals surface area contributed by atoms with Gasteiger partial charge in [0, 0.05) is 0 Å². The highest BCUT2D eigenvalue weighted by Gasteiger charge is 2.45. The predicted molar refractivity (Wildman–Crippen MR) is 100 cm³/mol. The lowest BCUT2D eigenvalue weighted by Gasteiger charge is -2.19. The smallest absolute Gasteiger partial charge is 0.387 e. The van der Waals surface area contributed by atoms with E-state index in [0.717, 1.165) is 0 Å². The molecular formula is C15H23N6O8P. The average molecular weight is 446 g/mol. The van der Waals surface area contributed by atoms with Crippen LogP contribution in [-0.2, 0) is 23.1 Å². The minimum absolute atomic E-state index is 0.120. The van der Waals surface area contributed by atoms with Gasteiger partial charge >= 0.3 is 13.8 Å². The number of nitrogen functional groups attached to an aromatic ring is 1. The minimum Gasteiger partial charge on any atom is -0.387 e. The van der Waals surface area contributed by atoms with Gasteiger partial charge in [0.25, 0.3) is 0 Å². The number of aliphatic hydroxyl groups excluding tert-OH is 2. The lowest BCUT2D eigenvalue weighted by Crippen LogP contribution is -2.37. The molecule has 0 saturated carbocycles. The van der Waals surface area contributed by atoms with Crippen molar-refractivity contribution >= 4 is 30.8 Å². The second kappa shape index (κ2) is 8.51. The molecule has 7 N–H and O–H groups in total. The topological polar surface area (TPSA) is 218 Å². The Morgan fingerprint density at radius 1 is 1.33 bits per heavy atom. The molecule has 0 aromatic carbocycles. The summed E-state index contributed by atoms with van der Waals surface area (Å²) in [5.41, 5.74) is 11.8. The molecule has 0 radical (unpaired) electrons. The maximum absolute atomic E-state index is 12.0. The minimum atomic E-state index is -4.83. The van der Waals surface area contributed by atoms with Crippen LogP contribution in [0.5, 0.6) is 0 Å². The molecular weight excluding hydrogens is 423 g/mol.